The molecule has 0 bridgehead atoms. The lowest BCUT2D eigenvalue weighted by Crippen LogP contribution is -2.37. The Morgan fingerprint density at radius 2 is 2.13 bits per heavy atom. The van der Waals surface area contributed by atoms with Crippen molar-refractivity contribution in [2.75, 3.05) is 17.2 Å². The van der Waals surface area contributed by atoms with Crippen LogP contribution in [0.25, 0.3) is 0 Å². The molecule has 2 rings (SSSR count). The van der Waals surface area contributed by atoms with Gasteiger partial charge in [0.05, 0.1) is 11.4 Å². The second-order valence-electron chi connectivity index (χ2n) is 4.15. The molecule has 80 valence electrons. The number of hydrogen-bond donors (Lipinski definition) is 0. The summed E-state index contributed by atoms with van der Waals surface area (Å²) in [4.78, 5) is 14.9. The number of benzene rings is 1. The van der Waals surface area contributed by atoms with Crippen LogP contribution in [-0.4, -0.2) is 18.2 Å². The highest BCUT2D eigenvalue weighted by Crippen LogP contribution is 2.35. The number of fused-ring (bicyclic) bond motifs is 1. The summed E-state index contributed by atoms with van der Waals surface area (Å²) >= 11 is 1.64. The second kappa shape index (κ2) is 4.27. The number of anilines is 1. The van der Waals surface area contributed by atoms with Gasteiger partial charge in [-0.25, -0.2) is 0 Å². The first kappa shape index (κ1) is 10.6. The Morgan fingerprint density at radius 3 is 2.87 bits per heavy atom. The third-order valence-electron chi connectivity index (χ3n) is 2.36. The molecule has 1 aromatic carbocycles. The third-order valence-corrected chi connectivity index (χ3v) is 3.40. The highest BCUT2D eigenvalue weighted by Gasteiger charge is 2.24. The molecular formula is C12H15NOS. The molecule has 2 nitrogen and oxygen atoms in total. The predicted octanol–water partition coefficient (Wildman–Crippen LogP) is 2.78. The quantitative estimate of drug-likeness (QED) is 0.765. The average Bonchev–Trinajstić information content (AvgIpc) is 2.22. The summed E-state index contributed by atoms with van der Waals surface area (Å²) in [5, 5.41) is 0. The Morgan fingerprint density at radius 1 is 1.40 bits per heavy atom. The fourth-order valence-electron chi connectivity index (χ4n) is 1.72. The van der Waals surface area contributed by atoms with E-state index in [9.17, 15) is 4.79 Å². The standard InChI is InChI=1S/C12H15NOS/c1-9(2)7-13-10-5-3-4-6-11(10)15-8-12(13)14/h3-6,9H,7-8H2,1-2H3. The maximum Gasteiger partial charge on any atom is 0.237 e. The Labute approximate surface area is 94.7 Å². The molecule has 3 heteroatoms. The van der Waals surface area contributed by atoms with E-state index in [1.54, 1.807) is 11.8 Å². The van der Waals surface area contributed by atoms with Crippen LogP contribution in [-0.2, 0) is 4.79 Å². The number of para-hydroxylation sites is 1. The molecule has 0 spiro atoms. The molecule has 0 unspecified atom stereocenters. The van der Waals surface area contributed by atoms with Gasteiger partial charge in [-0.3, -0.25) is 4.79 Å². The number of hydrogen-bond acceptors (Lipinski definition) is 2. The summed E-state index contributed by atoms with van der Waals surface area (Å²) in [7, 11) is 0. The SMILES string of the molecule is CC(C)CN1C(=O)CSc2ccccc21. The average molecular weight is 221 g/mol. The molecule has 0 fully saturated rings. The fraction of sp³-hybridized carbons (Fsp3) is 0.417. The van der Waals surface area contributed by atoms with Gasteiger partial charge in [-0.2, -0.15) is 0 Å². The van der Waals surface area contributed by atoms with E-state index in [0.717, 1.165) is 12.2 Å². The summed E-state index contributed by atoms with van der Waals surface area (Å²) in [6.45, 7) is 5.09. The minimum Gasteiger partial charge on any atom is -0.310 e. The largest absolute Gasteiger partial charge is 0.310 e. The lowest BCUT2D eigenvalue weighted by Gasteiger charge is -2.30. The topological polar surface area (TPSA) is 20.3 Å². The molecule has 0 saturated carbocycles. The van der Waals surface area contributed by atoms with Crippen molar-refractivity contribution in [3.8, 4) is 0 Å². The normalized spacial score (nSPS) is 15.7. The van der Waals surface area contributed by atoms with Crippen LogP contribution in [0.5, 0.6) is 0 Å². The molecule has 1 aliphatic rings. The van der Waals surface area contributed by atoms with Crippen LogP contribution in [0.4, 0.5) is 5.69 Å². The highest BCUT2D eigenvalue weighted by atomic mass is 32.2. The number of amides is 1. The molecule has 15 heavy (non-hydrogen) atoms. The predicted molar refractivity (Wildman–Crippen MR) is 64.4 cm³/mol. The van der Waals surface area contributed by atoms with Crippen LogP contribution in [0, 0.1) is 5.92 Å². The molecule has 0 N–H and O–H groups in total. The van der Waals surface area contributed by atoms with E-state index in [1.165, 1.54) is 4.90 Å². The smallest absolute Gasteiger partial charge is 0.237 e. The molecule has 0 saturated heterocycles. The number of nitrogens with zero attached hydrogens (tertiary/aromatic N) is 1. The fourth-order valence-corrected chi connectivity index (χ4v) is 2.65. The Balaban J connectivity index is 2.33. The van der Waals surface area contributed by atoms with Gasteiger partial charge < -0.3 is 4.90 Å². The van der Waals surface area contributed by atoms with Gasteiger partial charge >= 0.3 is 0 Å². The zero-order valence-corrected chi connectivity index (χ0v) is 9.88. The van der Waals surface area contributed by atoms with E-state index < -0.39 is 0 Å². The molecule has 0 atom stereocenters. The summed E-state index contributed by atoms with van der Waals surface area (Å²) < 4.78 is 0. The molecule has 1 amide bonds. The van der Waals surface area contributed by atoms with E-state index in [0.29, 0.717) is 11.7 Å². The van der Waals surface area contributed by atoms with Gasteiger partial charge in [0.15, 0.2) is 0 Å². The molecule has 0 radical (unpaired) electrons. The summed E-state index contributed by atoms with van der Waals surface area (Å²) in [6.07, 6.45) is 0. The second-order valence-corrected chi connectivity index (χ2v) is 5.17. The van der Waals surface area contributed by atoms with Crippen LogP contribution in [0.2, 0.25) is 0 Å². The molecule has 1 aromatic rings. The zero-order valence-electron chi connectivity index (χ0n) is 9.06. The molecule has 1 aliphatic heterocycles. The van der Waals surface area contributed by atoms with Crippen molar-refractivity contribution < 1.29 is 4.79 Å². The van der Waals surface area contributed by atoms with E-state index in [2.05, 4.69) is 19.9 Å². The zero-order chi connectivity index (χ0) is 10.8. The summed E-state index contributed by atoms with van der Waals surface area (Å²) in [6, 6.07) is 8.13. The van der Waals surface area contributed by atoms with Crippen LogP contribution >= 0.6 is 11.8 Å². The number of carbonyl (C=O) groups is 1. The van der Waals surface area contributed by atoms with Gasteiger partial charge in [0, 0.05) is 11.4 Å². The van der Waals surface area contributed by atoms with Crippen molar-refractivity contribution in [1.29, 1.82) is 0 Å². The van der Waals surface area contributed by atoms with Crippen LogP contribution in [0.15, 0.2) is 29.2 Å². The molecule has 1 heterocycles. The minimum atomic E-state index is 0.229. The van der Waals surface area contributed by atoms with Crippen LogP contribution in [0.1, 0.15) is 13.8 Å². The number of carbonyl (C=O) groups excluding carboxylic acids is 1. The first-order valence-corrected chi connectivity index (χ1v) is 6.19. The van der Waals surface area contributed by atoms with E-state index in [4.69, 9.17) is 0 Å². The number of rotatable bonds is 2. The Hall–Kier alpha value is -0.960. The van der Waals surface area contributed by atoms with Crippen molar-refractivity contribution >= 4 is 23.4 Å². The van der Waals surface area contributed by atoms with E-state index in [-0.39, 0.29) is 5.91 Å². The van der Waals surface area contributed by atoms with Gasteiger partial charge in [-0.1, -0.05) is 26.0 Å². The first-order chi connectivity index (χ1) is 7.18. The molecule has 0 aromatic heterocycles. The Kier molecular flexibility index (Phi) is 3.00. The minimum absolute atomic E-state index is 0.229. The van der Waals surface area contributed by atoms with Gasteiger partial charge in [0.25, 0.3) is 0 Å². The van der Waals surface area contributed by atoms with Gasteiger partial charge in [0.2, 0.25) is 5.91 Å². The summed E-state index contributed by atoms with van der Waals surface area (Å²) in [5.41, 5.74) is 1.08. The van der Waals surface area contributed by atoms with E-state index in [1.807, 2.05) is 23.1 Å². The van der Waals surface area contributed by atoms with Gasteiger partial charge in [0.1, 0.15) is 0 Å². The maximum atomic E-state index is 11.8. The van der Waals surface area contributed by atoms with E-state index >= 15 is 0 Å². The summed E-state index contributed by atoms with van der Waals surface area (Å²) in [5.74, 6) is 1.31. The van der Waals surface area contributed by atoms with Crippen LogP contribution < -0.4 is 4.90 Å². The van der Waals surface area contributed by atoms with Crippen molar-refractivity contribution in [1.82, 2.24) is 0 Å². The lowest BCUT2D eigenvalue weighted by molar-refractivity contribution is -0.116. The lowest BCUT2D eigenvalue weighted by atomic mass is 10.2. The van der Waals surface area contributed by atoms with Gasteiger partial charge in [-0.15, -0.1) is 11.8 Å². The van der Waals surface area contributed by atoms with Crippen molar-refractivity contribution in [3.05, 3.63) is 24.3 Å². The Bertz CT molecular complexity index is 376. The third kappa shape index (κ3) is 2.17. The molecule has 0 aliphatic carbocycles. The number of thioether (sulfide) groups is 1. The van der Waals surface area contributed by atoms with Crippen molar-refractivity contribution in [3.63, 3.8) is 0 Å². The van der Waals surface area contributed by atoms with Crippen molar-refractivity contribution in [2.24, 2.45) is 5.92 Å². The van der Waals surface area contributed by atoms with Gasteiger partial charge in [-0.05, 0) is 18.1 Å². The highest BCUT2D eigenvalue weighted by molar-refractivity contribution is 8.00. The monoisotopic (exact) mass is 221 g/mol. The molecular weight excluding hydrogens is 206 g/mol. The van der Waals surface area contributed by atoms with Crippen LogP contribution in [0.3, 0.4) is 0 Å². The first-order valence-electron chi connectivity index (χ1n) is 5.20. The van der Waals surface area contributed by atoms with Crippen molar-refractivity contribution in [2.45, 2.75) is 18.7 Å². The maximum absolute atomic E-state index is 11.8.